The third kappa shape index (κ3) is 2.60. The Morgan fingerprint density at radius 3 is 3.00 bits per heavy atom. The number of amides is 1. The van der Waals surface area contributed by atoms with Gasteiger partial charge in [-0.05, 0) is 31.0 Å². The Hall–Kier alpha value is -1.92. The highest BCUT2D eigenvalue weighted by molar-refractivity contribution is 7.15. The minimum Gasteiger partial charge on any atom is -0.497 e. The summed E-state index contributed by atoms with van der Waals surface area (Å²) in [5, 5.41) is 0.881. The van der Waals surface area contributed by atoms with Crippen molar-refractivity contribution in [2.45, 2.75) is 19.4 Å². The molecular formula is C16H19N3O2S. The van der Waals surface area contributed by atoms with Crippen LogP contribution in [0.5, 0.6) is 5.75 Å². The summed E-state index contributed by atoms with van der Waals surface area (Å²) in [5.74, 6) is 0.745. The molecule has 1 aromatic carbocycles. The van der Waals surface area contributed by atoms with E-state index in [2.05, 4.69) is 4.98 Å². The molecule has 2 heterocycles. The van der Waals surface area contributed by atoms with E-state index < -0.39 is 0 Å². The van der Waals surface area contributed by atoms with E-state index in [0.717, 1.165) is 34.2 Å². The summed E-state index contributed by atoms with van der Waals surface area (Å²) in [5.41, 5.74) is 7.18. The molecule has 5 nitrogen and oxygen atoms in total. The summed E-state index contributed by atoms with van der Waals surface area (Å²) in [6, 6.07) is 7.86. The Balaban J connectivity index is 1.97. The average molecular weight is 317 g/mol. The number of benzene rings is 1. The van der Waals surface area contributed by atoms with Gasteiger partial charge in [0.2, 0.25) is 0 Å². The summed E-state index contributed by atoms with van der Waals surface area (Å²) in [4.78, 5) is 19.9. The number of rotatable bonds is 4. The Labute approximate surface area is 133 Å². The first-order valence-electron chi connectivity index (χ1n) is 7.27. The summed E-state index contributed by atoms with van der Waals surface area (Å²) in [7, 11) is 1.63. The smallest absolute Gasteiger partial charge is 0.274 e. The van der Waals surface area contributed by atoms with Crippen LogP contribution in [-0.4, -0.2) is 42.0 Å². The number of carbonyl (C=O) groups is 1. The second-order valence-electron chi connectivity index (χ2n) is 5.32. The van der Waals surface area contributed by atoms with Crippen molar-refractivity contribution < 1.29 is 9.53 Å². The number of nitrogens with zero attached hydrogens (tertiary/aromatic N) is 2. The minimum atomic E-state index is -0.0242. The molecule has 1 atom stereocenters. The molecule has 0 spiro atoms. The van der Waals surface area contributed by atoms with Gasteiger partial charge in [-0.2, -0.15) is 0 Å². The summed E-state index contributed by atoms with van der Waals surface area (Å²) in [6.07, 6.45) is 0.972. The highest BCUT2D eigenvalue weighted by atomic mass is 32.1. The van der Waals surface area contributed by atoms with Crippen LogP contribution >= 0.6 is 11.3 Å². The number of aromatic nitrogens is 1. The molecule has 0 saturated carbocycles. The number of nitrogens with two attached hydrogens (primary N) is 1. The number of hydrogen-bond acceptors (Lipinski definition) is 5. The van der Waals surface area contributed by atoms with Gasteiger partial charge < -0.3 is 15.4 Å². The van der Waals surface area contributed by atoms with Crippen LogP contribution in [0.3, 0.4) is 0 Å². The zero-order chi connectivity index (χ0) is 15.7. The number of hydrogen-bond donors (Lipinski definition) is 1. The predicted molar refractivity (Wildman–Crippen MR) is 87.3 cm³/mol. The van der Waals surface area contributed by atoms with Gasteiger partial charge in [-0.3, -0.25) is 4.79 Å². The van der Waals surface area contributed by atoms with Crippen molar-refractivity contribution >= 4 is 17.2 Å². The van der Waals surface area contributed by atoms with E-state index in [1.54, 1.807) is 7.11 Å². The van der Waals surface area contributed by atoms with Gasteiger partial charge in [-0.15, -0.1) is 11.3 Å². The van der Waals surface area contributed by atoms with Crippen molar-refractivity contribution in [2.75, 3.05) is 20.2 Å². The summed E-state index contributed by atoms with van der Waals surface area (Å²) < 4.78 is 5.27. The number of aryl methyl sites for hydroxylation is 1. The molecule has 3 rings (SSSR count). The van der Waals surface area contributed by atoms with E-state index in [1.807, 2.05) is 36.1 Å². The molecule has 0 aliphatic carbocycles. The third-order valence-electron chi connectivity index (χ3n) is 3.95. The Morgan fingerprint density at radius 1 is 1.55 bits per heavy atom. The van der Waals surface area contributed by atoms with Gasteiger partial charge in [0.25, 0.3) is 5.91 Å². The van der Waals surface area contributed by atoms with Crippen molar-refractivity contribution in [3.05, 3.63) is 35.0 Å². The van der Waals surface area contributed by atoms with E-state index in [4.69, 9.17) is 10.5 Å². The molecule has 2 N–H and O–H groups in total. The highest BCUT2D eigenvalue weighted by Gasteiger charge is 2.34. The van der Waals surface area contributed by atoms with Gasteiger partial charge in [0.1, 0.15) is 11.4 Å². The molecule has 1 saturated heterocycles. The average Bonchev–Trinajstić information content (AvgIpc) is 2.89. The van der Waals surface area contributed by atoms with E-state index in [1.165, 1.54) is 11.3 Å². The van der Waals surface area contributed by atoms with Crippen molar-refractivity contribution in [2.24, 2.45) is 5.73 Å². The van der Waals surface area contributed by atoms with E-state index in [0.29, 0.717) is 12.2 Å². The third-order valence-corrected chi connectivity index (χ3v) is 4.97. The van der Waals surface area contributed by atoms with Crippen molar-refractivity contribution in [1.82, 2.24) is 9.88 Å². The Morgan fingerprint density at radius 2 is 2.36 bits per heavy atom. The highest BCUT2D eigenvalue weighted by Crippen LogP contribution is 2.34. The fraction of sp³-hybridized carbons (Fsp3) is 0.375. The molecule has 1 amide bonds. The second kappa shape index (κ2) is 6.06. The molecule has 1 aliphatic heterocycles. The molecule has 0 bridgehead atoms. The van der Waals surface area contributed by atoms with Crippen LogP contribution < -0.4 is 10.5 Å². The maximum atomic E-state index is 12.7. The number of methoxy groups -OCH3 is 1. The standard InChI is InChI=1S/C16H19N3O2S/c1-10-18-14(16(20)19-7-6-12(19)9-17)15(22-10)11-4-3-5-13(8-11)21-2/h3-5,8,12H,6-7,9,17H2,1-2H3. The molecular weight excluding hydrogens is 298 g/mol. The van der Waals surface area contributed by atoms with Gasteiger partial charge in [-0.25, -0.2) is 4.98 Å². The second-order valence-corrected chi connectivity index (χ2v) is 6.52. The van der Waals surface area contributed by atoms with Crippen LogP contribution in [0.1, 0.15) is 21.9 Å². The molecule has 0 radical (unpaired) electrons. The lowest BCUT2D eigenvalue weighted by Crippen LogP contribution is -2.54. The first-order chi connectivity index (χ1) is 10.6. The Kier molecular flexibility index (Phi) is 4.13. The lowest BCUT2D eigenvalue weighted by molar-refractivity contribution is 0.0477. The normalized spacial score (nSPS) is 17.2. The molecule has 22 heavy (non-hydrogen) atoms. The summed E-state index contributed by atoms with van der Waals surface area (Å²) in [6.45, 7) is 3.18. The van der Waals surface area contributed by atoms with Gasteiger partial charge in [0.05, 0.1) is 17.0 Å². The fourth-order valence-corrected chi connectivity index (χ4v) is 3.53. The van der Waals surface area contributed by atoms with Crippen LogP contribution in [-0.2, 0) is 0 Å². The first kappa shape index (κ1) is 15.0. The molecule has 1 aromatic heterocycles. The largest absolute Gasteiger partial charge is 0.497 e. The van der Waals surface area contributed by atoms with Crippen LogP contribution in [0.2, 0.25) is 0 Å². The van der Waals surface area contributed by atoms with E-state index >= 15 is 0 Å². The van der Waals surface area contributed by atoms with Crippen LogP contribution in [0, 0.1) is 6.92 Å². The Bertz CT molecular complexity index is 696. The molecule has 2 aromatic rings. The molecule has 1 unspecified atom stereocenters. The SMILES string of the molecule is COc1cccc(-c2sc(C)nc2C(=O)N2CCC2CN)c1. The quantitative estimate of drug-likeness (QED) is 0.939. The van der Waals surface area contributed by atoms with Crippen molar-refractivity contribution in [3.8, 4) is 16.2 Å². The van der Waals surface area contributed by atoms with Gasteiger partial charge in [-0.1, -0.05) is 12.1 Å². The molecule has 116 valence electrons. The fourth-order valence-electron chi connectivity index (χ4n) is 2.62. The number of carbonyl (C=O) groups excluding carboxylic acids is 1. The van der Waals surface area contributed by atoms with Gasteiger partial charge >= 0.3 is 0 Å². The lowest BCUT2D eigenvalue weighted by atomic mass is 10.0. The minimum absolute atomic E-state index is 0.0242. The zero-order valence-corrected chi connectivity index (χ0v) is 13.5. The maximum Gasteiger partial charge on any atom is 0.274 e. The van der Waals surface area contributed by atoms with Gasteiger partial charge in [0.15, 0.2) is 0 Å². The molecule has 1 fully saturated rings. The van der Waals surface area contributed by atoms with Crippen molar-refractivity contribution in [3.63, 3.8) is 0 Å². The van der Waals surface area contributed by atoms with Crippen LogP contribution in [0.15, 0.2) is 24.3 Å². The van der Waals surface area contributed by atoms with Crippen LogP contribution in [0.4, 0.5) is 0 Å². The topological polar surface area (TPSA) is 68.5 Å². The molecule has 1 aliphatic rings. The maximum absolute atomic E-state index is 12.7. The predicted octanol–water partition coefficient (Wildman–Crippen LogP) is 2.30. The number of likely N-dealkylation sites (tertiary alicyclic amines) is 1. The summed E-state index contributed by atoms with van der Waals surface area (Å²) >= 11 is 1.53. The number of ether oxygens (including phenoxy) is 1. The van der Waals surface area contributed by atoms with Crippen molar-refractivity contribution in [1.29, 1.82) is 0 Å². The number of thiazole rings is 1. The molecule has 6 heteroatoms. The zero-order valence-electron chi connectivity index (χ0n) is 12.7. The lowest BCUT2D eigenvalue weighted by Gasteiger charge is -2.40. The first-order valence-corrected chi connectivity index (χ1v) is 8.08. The monoisotopic (exact) mass is 317 g/mol. The van der Waals surface area contributed by atoms with E-state index in [-0.39, 0.29) is 11.9 Å². The van der Waals surface area contributed by atoms with Gasteiger partial charge in [0, 0.05) is 19.1 Å². The van der Waals surface area contributed by atoms with E-state index in [9.17, 15) is 4.79 Å². The van der Waals surface area contributed by atoms with Crippen LogP contribution in [0.25, 0.3) is 10.4 Å².